The number of carbonyl (C=O) groups is 1. The summed E-state index contributed by atoms with van der Waals surface area (Å²) in [5.74, 6) is 0.774. The number of benzene rings is 1. The van der Waals surface area contributed by atoms with Crippen LogP contribution in [0.15, 0.2) is 58.8 Å². The van der Waals surface area contributed by atoms with Crippen molar-refractivity contribution in [2.75, 3.05) is 0 Å². The van der Waals surface area contributed by atoms with Crippen LogP contribution in [0.2, 0.25) is 0 Å². The molecule has 1 N–H and O–H groups in total. The van der Waals surface area contributed by atoms with Crippen LogP contribution in [-0.2, 0) is 17.9 Å². The average Bonchev–Trinajstić information content (AvgIpc) is 3.40. The summed E-state index contributed by atoms with van der Waals surface area (Å²) >= 11 is 1.53. The highest BCUT2D eigenvalue weighted by Crippen LogP contribution is 2.24. The molecule has 4 rings (SSSR count). The Balaban J connectivity index is 1.37. The third-order valence-corrected chi connectivity index (χ3v) is 4.78. The molecule has 27 heavy (non-hydrogen) atoms. The minimum Gasteiger partial charge on any atom is -0.350 e. The van der Waals surface area contributed by atoms with Crippen LogP contribution in [-0.4, -0.2) is 25.6 Å². The Morgan fingerprint density at radius 1 is 1.30 bits per heavy atom. The van der Waals surface area contributed by atoms with Gasteiger partial charge in [0.1, 0.15) is 12.2 Å². The fourth-order valence-electron chi connectivity index (χ4n) is 2.63. The lowest BCUT2D eigenvalue weighted by molar-refractivity contribution is -0.121. The minimum atomic E-state index is -0.0900. The molecule has 0 fully saturated rings. The third kappa shape index (κ3) is 4.12. The topological polar surface area (TPSA) is 85.8 Å². The van der Waals surface area contributed by atoms with Crippen LogP contribution >= 0.6 is 11.3 Å². The Bertz CT molecular complexity index is 1050. The van der Waals surface area contributed by atoms with Crippen molar-refractivity contribution in [3.8, 4) is 22.3 Å². The maximum atomic E-state index is 12.2. The number of aromatic nitrogens is 4. The first-order chi connectivity index (χ1) is 13.2. The van der Waals surface area contributed by atoms with Crippen LogP contribution in [0, 0.1) is 6.92 Å². The first-order valence-corrected chi connectivity index (χ1v) is 9.27. The molecule has 1 amide bonds. The number of nitrogens with zero attached hydrogens (tertiary/aromatic N) is 4. The van der Waals surface area contributed by atoms with Crippen LogP contribution in [0.3, 0.4) is 0 Å². The number of imidazole rings is 1. The number of carbonyl (C=O) groups excluding carboxylic acids is 1. The summed E-state index contributed by atoms with van der Waals surface area (Å²) in [5.41, 5.74) is 2.80. The van der Waals surface area contributed by atoms with Gasteiger partial charge in [-0.2, -0.15) is 4.98 Å². The van der Waals surface area contributed by atoms with Gasteiger partial charge in [-0.1, -0.05) is 41.1 Å². The van der Waals surface area contributed by atoms with E-state index in [1.807, 2.05) is 42.6 Å². The van der Waals surface area contributed by atoms with Crippen LogP contribution < -0.4 is 5.32 Å². The van der Waals surface area contributed by atoms with Crippen molar-refractivity contribution in [1.82, 2.24) is 25.0 Å². The molecule has 0 bridgehead atoms. The van der Waals surface area contributed by atoms with Gasteiger partial charge in [-0.25, -0.2) is 4.98 Å². The number of amides is 1. The lowest BCUT2D eigenvalue weighted by Crippen LogP contribution is -2.26. The largest absolute Gasteiger partial charge is 0.350 e. The monoisotopic (exact) mass is 379 g/mol. The van der Waals surface area contributed by atoms with E-state index in [2.05, 4.69) is 26.5 Å². The quantitative estimate of drug-likeness (QED) is 0.556. The second-order valence-electron chi connectivity index (χ2n) is 6.10. The van der Waals surface area contributed by atoms with Crippen molar-refractivity contribution in [2.45, 2.75) is 20.0 Å². The van der Waals surface area contributed by atoms with Crippen molar-refractivity contribution in [3.63, 3.8) is 0 Å². The van der Waals surface area contributed by atoms with Gasteiger partial charge >= 0.3 is 0 Å². The van der Waals surface area contributed by atoms with Crippen LogP contribution in [0.5, 0.6) is 0 Å². The smallest absolute Gasteiger partial charge is 0.268 e. The van der Waals surface area contributed by atoms with Crippen molar-refractivity contribution in [1.29, 1.82) is 0 Å². The molecule has 0 unspecified atom stereocenters. The zero-order valence-corrected chi connectivity index (χ0v) is 15.4. The Kier molecular flexibility index (Phi) is 4.80. The molecule has 4 aromatic rings. The number of aryl methyl sites for hydroxylation is 1. The zero-order chi connectivity index (χ0) is 18.6. The number of hydrogen-bond donors (Lipinski definition) is 1. The second kappa shape index (κ2) is 7.55. The lowest BCUT2D eigenvalue weighted by Gasteiger charge is -2.06. The van der Waals surface area contributed by atoms with Crippen LogP contribution in [0.1, 0.15) is 11.1 Å². The van der Waals surface area contributed by atoms with E-state index in [1.54, 1.807) is 17.1 Å². The standard InChI is InChI=1S/C19H17N5O2S/c1-13-4-2-5-14(8-13)9-20-17(25)11-24-10-15(21-12-24)18-22-19(26-23-18)16-6-3-7-27-16/h2-8,10,12H,9,11H2,1H3,(H,20,25). The van der Waals surface area contributed by atoms with Gasteiger partial charge in [0.2, 0.25) is 11.7 Å². The van der Waals surface area contributed by atoms with E-state index in [-0.39, 0.29) is 12.5 Å². The fraction of sp³-hybridized carbons (Fsp3) is 0.158. The van der Waals surface area contributed by atoms with Gasteiger partial charge in [0, 0.05) is 12.7 Å². The van der Waals surface area contributed by atoms with Gasteiger partial charge in [0.25, 0.3) is 5.89 Å². The summed E-state index contributed by atoms with van der Waals surface area (Å²) in [6.45, 7) is 2.70. The lowest BCUT2D eigenvalue weighted by atomic mass is 10.1. The predicted octanol–water partition coefficient (Wildman–Crippen LogP) is 3.29. The maximum Gasteiger partial charge on any atom is 0.268 e. The molecule has 136 valence electrons. The number of hydrogen-bond acceptors (Lipinski definition) is 6. The molecule has 0 spiro atoms. The van der Waals surface area contributed by atoms with Crippen molar-refractivity contribution in [3.05, 3.63) is 65.4 Å². The molecule has 0 saturated heterocycles. The number of thiophene rings is 1. The summed E-state index contributed by atoms with van der Waals surface area (Å²) in [7, 11) is 0. The Morgan fingerprint density at radius 3 is 3.04 bits per heavy atom. The van der Waals surface area contributed by atoms with E-state index >= 15 is 0 Å². The molecule has 1 aromatic carbocycles. The molecule has 7 nitrogen and oxygen atoms in total. The SMILES string of the molecule is Cc1cccc(CNC(=O)Cn2cnc(-c3noc(-c4cccs4)n3)c2)c1. The maximum absolute atomic E-state index is 12.2. The van der Waals surface area contributed by atoms with E-state index in [9.17, 15) is 4.79 Å². The number of nitrogens with one attached hydrogen (secondary N) is 1. The van der Waals surface area contributed by atoms with Crippen LogP contribution in [0.4, 0.5) is 0 Å². The fourth-order valence-corrected chi connectivity index (χ4v) is 3.28. The van der Waals surface area contributed by atoms with E-state index in [4.69, 9.17) is 4.52 Å². The van der Waals surface area contributed by atoms with Gasteiger partial charge < -0.3 is 14.4 Å². The van der Waals surface area contributed by atoms with E-state index in [1.165, 1.54) is 16.9 Å². The number of rotatable bonds is 6. The molecule has 3 heterocycles. The van der Waals surface area contributed by atoms with Gasteiger partial charge in [-0.05, 0) is 23.9 Å². The molecule has 0 atom stereocenters. The average molecular weight is 379 g/mol. The minimum absolute atomic E-state index is 0.0900. The highest BCUT2D eigenvalue weighted by molar-refractivity contribution is 7.13. The highest BCUT2D eigenvalue weighted by atomic mass is 32.1. The summed E-state index contributed by atoms with van der Waals surface area (Å²) in [6, 6.07) is 11.9. The van der Waals surface area contributed by atoms with Gasteiger partial charge in [0.15, 0.2) is 0 Å². The molecule has 0 radical (unpaired) electrons. The van der Waals surface area contributed by atoms with Crippen LogP contribution in [0.25, 0.3) is 22.3 Å². The van der Waals surface area contributed by atoms with E-state index in [0.717, 1.165) is 10.4 Å². The molecule has 3 aromatic heterocycles. The molecule has 0 aliphatic heterocycles. The second-order valence-corrected chi connectivity index (χ2v) is 7.05. The predicted molar refractivity (Wildman–Crippen MR) is 102 cm³/mol. The molecule has 0 aliphatic carbocycles. The summed E-state index contributed by atoms with van der Waals surface area (Å²) in [4.78, 5) is 21.7. The van der Waals surface area contributed by atoms with Crippen molar-refractivity contribution >= 4 is 17.2 Å². The molecular weight excluding hydrogens is 362 g/mol. The Morgan fingerprint density at radius 2 is 2.22 bits per heavy atom. The molecule has 8 heteroatoms. The summed E-state index contributed by atoms with van der Waals surface area (Å²) < 4.78 is 6.97. The van der Waals surface area contributed by atoms with E-state index in [0.29, 0.717) is 24.0 Å². The normalized spacial score (nSPS) is 10.9. The Hall–Kier alpha value is -3.26. The Labute approximate surface area is 159 Å². The first-order valence-electron chi connectivity index (χ1n) is 8.39. The zero-order valence-electron chi connectivity index (χ0n) is 14.6. The third-order valence-electron chi connectivity index (χ3n) is 3.92. The summed E-state index contributed by atoms with van der Waals surface area (Å²) in [6.07, 6.45) is 3.32. The molecular formula is C19H17N5O2S. The van der Waals surface area contributed by atoms with E-state index < -0.39 is 0 Å². The van der Waals surface area contributed by atoms with Crippen molar-refractivity contribution < 1.29 is 9.32 Å². The first kappa shape index (κ1) is 17.2. The molecule has 0 saturated carbocycles. The van der Waals surface area contributed by atoms with Gasteiger partial charge in [0.05, 0.1) is 11.2 Å². The van der Waals surface area contributed by atoms with Crippen molar-refractivity contribution in [2.24, 2.45) is 0 Å². The molecule has 0 aliphatic rings. The van der Waals surface area contributed by atoms with Gasteiger partial charge in [-0.15, -0.1) is 11.3 Å². The van der Waals surface area contributed by atoms with Gasteiger partial charge in [-0.3, -0.25) is 4.79 Å². The summed E-state index contributed by atoms with van der Waals surface area (Å²) in [5, 5.41) is 8.82. The highest BCUT2D eigenvalue weighted by Gasteiger charge is 2.14.